The Labute approximate surface area is 271 Å². The number of aliphatic hydroxyl groups is 1. The molecule has 5 atom stereocenters. The first kappa shape index (κ1) is 32.9. The number of carbonyl (C=O) groups is 3. The molecule has 0 aliphatic carbocycles. The van der Waals surface area contributed by atoms with Crippen molar-refractivity contribution < 1.29 is 24.2 Å². The number of hydrogen-bond donors (Lipinski definition) is 1. The number of aryl methyl sites for hydroxylation is 1. The topological polar surface area (TPSA) is 90.4 Å². The maximum Gasteiger partial charge on any atom is 0.253 e. The van der Waals surface area contributed by atoms with Crippen LogP contribution in [0.4, 0.5) is 11.4 Å². The zero-order chi connectivity index (χ0) is 32.4. The number of nitrogens with zero attached hydrogens (tertiary/aromatic N) is 3. The van der Waals surface area contributed by atoms with E-state index < -0.39 is 29.1 Å². The predicted octanol–water partition coefficient (Wildman–Crippen LogP) is 5.70. The molecule has 3 aliphatic rings. The smallest absolute Gasteiger partial charge is 0.253 e. The molecule has 0 radical (unpaired) electrons. The number of carbonyl (C=O) groups excluding carboxylic acids is 3. The largest absolute Gasteiger partial charge is 0.396 e. The Kier molecular flexibility index (Phi) is 9.87. The summed E-state index contributed by atoms with van der Waals surface area (Å²) >= 11 is 6.69. The van der Waals surface area contributed by atoms with Crippen LogP contribution in [-0.2, 0) is 19.1 Å². The van der Waals surface area contributed by atoms with Gasteiger partial charge in [0.15, 0.2) is 0 Å². The molecular weight excluding hydrogens is 590 g/mol. The number of amides is 3. The summed E-state index contributed by atoms with van der Waals surface area (Å²) in [5.74, 6) is -2.31. The first-order valence-electron chi connectivity index (χ1n) is 15.9. The molecule has 1 spiro atoms. The summed E-state index contributed by atoms with van der Waals surface area (Å²) in [7, 11) is 0. The zero-order valence-electron chi connectivity index (χ0n) is 26.3. The van der Waals surface area contributed by atoms with E-state index in [2.05, 4.69) is 13.2 Å². The van der Waals surface area contributed by atoms with Crippen LogP contribution >= 0.6 is 11.6 Å². The van der Waals surface area contributed by atoms with Gasteiger partial charge in [0.1, 0.15) is 11.6 Å². The molecule has 45 heavy (non-hydrogen) atoms. The number of unbranched alkanes of at least 4 members (excludes halogenated alkanes) is 3. The standard InChI is InChI=1S/C36H44ClN3O5/c1-5-21-38(26-16-10-9-11-17-26)32(42)28-29-33(43)40(23-12-7-8-13-24-41)31(36(29)20-19-35(28,4)45-36)34(44)39(22-6-2)30-25(3)15-14-18-27(30)37/h5-6,9-11,14-18,28-29,31,41H,1-2,7-8,12-13,19-24H2,3-4H3/t28-,29-,31?,35+,36?/m0/s1. The van der Waals surface area contributed by atoms with Crippen LogP contribution in [-0.4, -0.2) is 71.2 Å². The molecule has 0 aromatic heterocycles. The lowest BCUT2D eigenvalue weighted by atomic mass is 9.66. The molecule has 240 valence electrons. The highest BCUT2D eigenvalue weighted by atomic mass is 35.5. The molecule has 2 bridgehead atoms. The van der Waals surface area contributed by atoms with Crippen LogP contribution < -0.4 is 9.80 Å². The number of aliphatic hydroxyl groups excluding tert-OH is 1. The minimum atomic E-state index is -1.17. The van der Waals surface area contributed by atoms with E-state index in [1.54, 1.807) is 32.9 Å². The Morgan fingerprint density at radius 1 is 1.00 bits per heavy atom. The monoisotopic (exact) mass is 633 g/mol. The van der Waals surface area contributed by atoms with Gasteiger partial charge in [-0.3, -0.25) is 14.4 Å². The van der Waals surface area contributed by atoms with Gasteiger partial charge in [-0.2, -0.15) is 0 Å². The van der Waals surface area contributed by atoms with Crippen LogP contribution in [0.5, 0.6) is 0 Å². The third-order valence-corrected chi connectivity index (χ3v) is 10.1. The van der Waals surface area contributed by atoms with Gasteiger partial charge in [0.2, 0.25) is 11.8 Å². The van der Waals surface area contributed by atoms with Gasteiger partial charge < -0.3 is 24.5 Å². The van der Waals surface area contributed by atoms with Gasteiger partial charge in [-0.1, -0.05) is 66.9 Å². The molecule has 3 fully saturated rings. The Balaban J connectivity index is 1.58. The molecule has 8 nitrogen and oxygen atoms in total. The highest BCUT2D eigenvalue weighted by Gasteiger charge is 2.78. The highest BCUT2D eigenvalue weighted by Crippen LogP contribution is 2.63. The fourth-order valence-electron chi connectivity index (χ4n) is 7.83. The fourth-order valence-corrected chi connectivity index (χ4v) is 8.15. The number of benzene rings is 2. The molecule has 3 amide bonds. The lowest BCUT2D eigenvalue weighted by Gasteiger charge is -2.37. The summed E-state index contributed by atoms with van der Waals surface area (Å²) in [5.41, 5.74) is 0.0338. The van der Waals surface area contributed by atoms with Crippen molar-refractivity contribution in [1.29, 1.82) is 0 Å². The number of hydrogen-bond acceptors (Lipinski definition) is 5. The van der Waals surface area contributed by atoms with Crippen molar-refractivity contribution in [3.63, 3.8) is 0 Å². The zero-order valence-corrected chi connectivity index (χ0v) is 27.0. The SMILES string of the molecule is C=CCN(C(=O)[C@@H]1[C@H]2C(=O)N(CCCCCCO)C(C(=O)N(CC=C)c3c(C)cccc3Cl)C23CC[C@@]1(C)O3)c1ccccc1. The lowest BCUT2D eigenvalue weighted by molar-refractivity contribution is -0.144. The molecule has 2 unspecified atom stereocenters. The number of ether oxygens (including phenoxy) is 1. The number of para-hydroxylation sites is 2. The van der Waals surface area contributed by atoms with Crippen molar-refractivity contribution in [2.24, 2.45) is 11.8 Å². The number of anilines is 2. The van der Waals surface area contributed by atoms with Gasteiger partial charge in [0, 0.05) is 31.9 Å². The number of rotatable bonds is 14. The minimum Gasteiger partial charge on any atom is -0.396 e. The Hall–Kier alpha value is -3.46. The molecule has 0 saturated carbocycles. The van der Waals surface area contributed by atoms with Crippen molar-refractivity contribution in [1.82, 2.24) is 4.90 Å². The molecule has 2 aromatic rings. The fraction of sp³-hybridized carbons (Fsp3) is 0.472. The summed E-state index contributed by atoms with van der Waals surface area (Å²) in [4.78, 5) is 49.0. The molecule has 1 N–H and O–H groups in total. The normalized spacial score (nSPS) is 26.5. The lowest BCUT2D eigenvalue weighted by Crippen LogP contribution is -2.57. The van der Waals surface area contributed by atoms with E-state index in [0.29, 0.717) is 48.6 Å². The average molecular weight is 634 g/mol. The van der Waals surface area contributed by atoms with Crippen LogP contribution in [0, 0.1) is 18.8 Å². The second kappa shape index (κ2) is 13.5. The predicted molar refractivity (Wildman–Crippen MR) is 177 cm³/mol. The van der Waals surface area contributed by atoms with Gasteiger partial charge >= 0.3 is 0 Å². The maximum absolute atomic E-state index is 14.9. The van der Waals surface area contributed by atoms with E-state index in [0.717, 1.165) is 18.4 Å². The van der Waals surface area contributed by atoms with Crippen LogP contribution in [0.3, 0.4) is 0 Å². The highest BCUT2D eigenvalue weighted by molar-refractivity contribution is 6.34. The van der Waals surface area contributed by atoms with Gasteiger partial charge in [-0.15, -0.1) is 13.2 Å². The second-order valence-electron chi connectivity index (χ2n) is 12.6. The van der Waals surface area contributed by atoms with E-state index in [1.807, 2.05) is 56.3 Å². The van der Waals surface area contributed by atoms with Crippen molar-refractivity contribution in [2.45, 2.75) is 69.6 Å². The van der Waals surface area contributed by atoms with Crippen LogP contribution in [0.1, 0.15) is 51.0 Å². The third-order valence-electron chi connectivity index (χ3n) is 9.77. The summed E-state index contributed by atoms with van der Waals surface area (Å²) in [5, 5.41) is 9.69. The number of likely N-dealkylation sites (tertiary alicyclic amines) is 1. The Bertz CT molecular complexity index is 1430. The minimum absolute atomic E-state index is 0.113. The average Bonchev–Trinajstić information content (AvgIpc) is 3.59. The molecule has 3 saturated heterocycles. The van der Waals surface area contributed by atoms with Crippen molar-refractivity contribution in [3.8, 4) is 0 Å². The van der Waals surface area contributed by atoms with E-state index in [4.69, 9.17) is 16.3 Å². The molecular formula is C36H44ClN3O5. The third kappa shape index (κ3) is 5.73. The van der Waals surface area contributed by atoms with E-state index in [1.165, 1.54) is 0 Å². The summed E-state index contributed by atoms with van der Waals surface area (Å²) in [6.07, 6.45) is 7.31. The number of halogens is 1. The van der Waals surface area contributed by atoms with E-state index in [9.17, 15) is 19.5 Å². The molecule has 5 rings (SSSR count). The first-order chi connectivity index (χ1) is 21.6. The van der Waals surface area contributed by atoms with Gasteiger partial charge in [0.05, 0.1) is 28.1 Å². The Morgan fingerprint density at radius 2 is 1.69 bits per heavy atom. The van der Waals surface area contributed by atoms with Gasteiger partial charge in [-0.05, 0) is 63.3 Å². The van der Waals surface area contributed by atoms with Crippen molar-refractivity contribution in [3.05, 3.63) is 84.4 Å². The van der Waals surface area contributed by atoms with Crippen LogP contribution in [0.15, 0.2) is 73.8 Å². The van der Waals surface area contributed by atoms with E-state index in [-0.39, 0.29) is 37.4 Å². The maximum atomic E-state index is 14.9. The second-order valence-corrected chi connectivity index (χ2v) is 13.0. The van der Waals surface area contributed by atoms with E-state index >= 15 is 0 Å². The summed E-state index contributed by atoms with van der Waals surface area (Å²) < 4.78 is 6.90. The quantitative estimate of drug-likeness (QED) is 0.213. The molecule has 2 aromatic carbocycles. The Morgan fingerprint density at radius 3 is 2.36 bits per heavy atom. The van der Waals surface area contributed by atoms with Gasteiger partial charge in [-0.25, -0.2) is 0 Å². The van der Waals surface area contributed by atoms with Crippen LogP contribution in [0.25, 0.3) is 0 Å². The summed E-state index contributed by atoms with van der Waals surface area (Å²) in [6.45, 7) is 12.5. The molecule has 9 heteroatoms. The van der Waals surface area contributed by atoms with Crippen molar-refractivity contribution in [2.75, 3.05) is 36.0 Å². The van der Waals surface area contributed by atoms with Gasteiger partial charge in [0.25, 0.3) is 5.91 Å². The van der Waals surface area contributed by atoms with Crippen LogP contribution in [0.2, 0.25) is 5.02 Å². The first-order valence-corrected chi connectivity index (χ1v) is 16.3. The molecule has 3 heterocycles. The summed E-state index contributed by atoms with van der Waals surface area (Å²) in [6, 6.07) is 13.9. The molecule has 3 aliphatic heterocycles. The van der Waals surface area contributed by atoms with Crippen molar-refractivity contribution >= 4 is 40.7 Å². The number of fused-ring (bicyclic) bond motifs is 1.